The summed E-state index contributed by atoms with van der Waals surface area (Å²) in [5, 5.41) is 47.4. The minimum absolute atomic E-state index is 0.0938. The van der Waals surface area contributed by atoms with Crippen LogP contribution in [-0.2, 0) is 28.7 Å². The van der Waals surface area contributed by atoms with Crippen LogP contribution in [0.15, 0.2) is 24.3 Å². The summed E-state index contributed by atoms with van der Waals surface area (Å²) in [4.78, 5) is 40.6. The number of ether oxygens (including phenoxy) is 2. The van der Waals surface area contributed by atoms with E-state index in [0.717, 1.165) is 25.0 Å². The fourth-order valence-corrected chi connectivity index (χ4v) is 0.995. The van der Waals surface area contributed by atoms with Gasteiger partial charge < -0.3 is 40.1 Å². The molecule has 174 valence electrons. The van der Waals surface area contributed by atoms with Crippen molar-refractivity contribution in [2.24, 2.45) is 0 Å². The molecule has 12 nitrogen and oxygen atoms in total. The van der Waals surface area contributed by atoms with Crippen molar-refractivity contribution in [2.75, 3.05) is 33.0 Å². The van der Waals surface area contributed by atoms with Gasteiger partial charge in [0.2, 0.25) is 0 Å². The van der Waals surface area contributed by atoms with Gasteiger partial charge in [0.15, 0.2) is 0 Å². The van der Waals surface area contributed by atoms with Gasteiger partial charge in [-0.1, -0.05) is 0 Å². The first kappa shape index (κ1) is 31.9. The molecule has 0 amide bonds. The van der Waals surface area contributed by atoms with Gasteiger partial charge in [0.1, 0.15) is 0 Å². The van der Waals surface area contributed by atoms with Crippen LogP contribution in [0.1, 0.15) is 26.2 Å². The van der Waals surface area contributed by atoms with E-state index >= 15 is 0 Å². The molecule has 1 aliphatic heterocycles. The molecule has 1 heterocycles. The summed E-state index contributed by atoms with van der Waals surface area (Å²) in [6.45, 7) is 2.36. The zero-order chi connectivity index (χ0) is 23.8. The average molecular weight is 438 g/mol. The van der Waals surface area contributed by atoms with Gasteiger partial charge in [-0.05, 0) is 26.2 Å². The van der Waals surface area contributed by atoms with Crippen LogP contribution in [0, 0.1) is 0 Å². The molecule has 0 spiro atoms. The largest absolute Gasteiger partial charge is 0.478 e. The molecule has 1 unspecified atom stereocenters. The van der Waals surface area contributed by atoms with Crippen LogP contribution in [0.3, 0.4) is 0 Å². The third-order valence-electron chi connectivity index (χ3n) is 2.33. The summed E-state index contributed by atoms with van der Waals surface area (Å²) >= 11 is 0. The Balaban J connectivity index is -0.000000352. The summed E-state index contributed by atoms with van der Waals surface area (Å²) in [6, 6.07) is 0. The number of cyclic esters (lactones) is 2. The lowest BCUT2D eigenvalue weighted by molar-refractivity contribution is -0.142. The Morgan fingerprint density at radius 1 is 0.933 bits per heavy atom. The molecule has 0 radical (unpaired) electrons. The molecule has 0 aromatic heterocycles. The van der Waals surface area contributed by atoms with E-state index in [9.17, 15) is 19.2 Å². The van der Waals surface area contributed by atoms with E-state index in [1.807, 2.05) is 0 Å². The number of aliphatic hydroxyl groups is 4. The van der Waals surface area contributed by atoms with Gasteiger partial charge in [-0.2, -0.15) is 0 Å². The number of hydrogen-bond donors (Lipinski definition) is 6. The van der Waals surface area contributed by atoms with Crippen LogP contribution in [0.5, 0.6) is 0 Å². The molecule has 30 heavy (non-hydrogen) atoms. The Bertz CT molecular complexity index is 485. The van der Waals surface area contributed by atoms with E-state index in [-0.39, 0.29) is 19.8 Å². The number of rotatable bonds is 5. The molecule has 0 aliphatic carbocycles. The Morgan fingerprint density at radius 2 is 1.27 bits per heavy atom. The predicted molar refractivity (Wildman–Crippen MR) is 102 cm³/mol. The zero-order valence-corrected chi connectivity index (χ0v) is 16.7. The van der Waals surface area contributed by atoms with Crippen molar-refractivity contribution >= 4 is 23.9 Å². The van der Waals surface area contributed by atoms with Crippen LogP contribution in [0.2, 0.25) is 0 Å². The number of carbonyl (C=O) groups is 4. The van der Waals surface area contributed by atoms with E-state index in [1.54, 1.807) is 0 Å². The minimum atomic E-state index is -1.26. The first-order chi connectivity index (χ1) is 14.1. The Morgan fingerprint density at radius 3 is 1.47 bits per heavy atom. The summed E-state index contributed by atoms with van der Waals surface area (Å²) in [5.41, 5.74) is 0. The topological polar surface area (TPSA) is 208 Å². The van der Waals surface area contributed by atoms with E-state index in [0.29, 0.717) is 31.8 Å². The van der Waals surface area contributed by atoms with Crippen molar-refractivity contribution in [1.82, 2.24) is 0 Å². The molecule has 0 saturated heterocycles. The molecule has 0 aromatic rings. The number of carboxylic acid groups (broad SMARTS) is 2. The Hall–Kier alpha value is -2.80. The lowest BCUT2D eigenvalue weighted by atomic mass is 10.3. The minimum Gasteiger partial charge on any atom is -0.478 e. The normalized spacial score (nSPS) is 15.4. The number of aliphatic hydroxyl groups excluding tert-OH is 4. The van der Waals surface area contributed by atoms with E-state index in [4.69, 9.17) is 40.1 Å². The quantitative estimate of drug-likeness (QED) is 0.222. The third-order valence-corrected chi connectivity index (χ3v) is 2.33. The molecular formula is C18H30O12. The molecule has 0 bridgehead atoms. The standard InChI is InChI=1S/C8H10O4.C4H4O4.2C3H8O2/c9-7-3-4-8(10)12-6-2-1-5-11-7;5-3(6)1-2-4(7)8;1-3(5)2-4;4-2-1-3-5/h3-4H,1-2,5-6H2;1-2H,(H,5,6)(H,7,8);3-5H,2H2,1H3;4-5H,1-3H2/b4-3-;2-1-;;. The maximum absolute atomic E-state index is 10.7. The molecule has 0 fully saturated rings. The predicted octanol–water partition coefficient (Wildman–Crippen LogP) is -1.14. The second-order valence-corrected chi connectivity index (χ2v) is 5.22. The SMILES string of the molecule is CC(O)CO.O=C(O)/C=C\C(=O)O.O=C1/C=C\C(=O)OCCCCO1.OCCCO. The fraction of sp³-hybridized carbons (Fsp3) is 0.556. The molecule has 6 N–H and O–H groups in total. The second-order valence-electron chi connectivity index (χ2n) is 5.22. The van der Waals surface area contributed by atoms with E-state index < -0.39 is 30.0 Å². The van der Waals surface area contributed by atoms with Crippen molar-refractivity contribution in [2.45, 2.75) is 32.3 Å². The van der Waals surface area contributed by atoms with Gasteiger partial charge in [0, 0.05) is 37.5 Å². The molecule has 1 atom stereocenters. The van der Waals surface area contributed by atoms with E-state index in [1.165, 1.54) is 6.92 Å². The number of esters is 2. The maximum Gasteiger partial charge on any atom is 0.331 e. The van der Waals surface area contributed by atoms with Gasteiger partial charge in [-0.25, -0.2) is 19.2 Å². The monoisotopic (exact) mass is 438 g/mol. The number of hydrogen-bond acceptors (Lipinski definition) is 10. The van der Waals surface area contributed by atoms with Crippen molar-refractivity contribution in [3.63, 3.8) is 0 Å². The average Bonchev–Trinajstić information content (AvgIpc) is 2.69. The zero-order valence-electron chi connectivity index (χ0n) is 16.7. The van der Waals surface area contributed by atoms with Crippen LogP contribution in [0.25, 0.3) is 0 Å². The molecule has 0 aromatic carbocycles. The molecule has 1 rings (SSSR count). The second kappa shape index (κ2) is 24.2. The summed E-state index contributed by atoms with van der Waals surface area (Å²) < 4.78 is 9.47. The molecule has 0 saturated carbocycles. The van der Waals surface area contributed by atoms with E-state index in [2.05, 4.69) is 0 Å². The highest BCUT2D eigenvalue weighted by atomic mass is 16.5. The first-order valence-corrected chi connectivity index (χ1v) is 8.76. The van der Waals surface area contributed by atoms with Crippen LogP contribution in [-0.4, -0.2) is 93.7 Å². The highest BCUT2D eigenvalue weighted by Gasteiger charge is 2.03. The van der Waals surface area contributed by atoms with Gasteiger partial charge in [-0.3, -0.25) is 0 Å². The van der Waals surface area contributed by atoms with Crippen LogP contribution in [0.4, 0.5) is 0 Å². The van der Waals surface area contributed by atoms with Crippen LogP contribution < -0.4 is 0 Å². The Kier molecular flexibility index (Phi) is 25.8. The molecular weight excluding hydrogens is 408 g/mol. The van der Waals surface area contributed by atoms with Gasteiger partial charge in [0.25, 0.3) is 0 Å². The molecule has 1 aliphatic rings. The smallest absolute Gasteiger partial charge is 0.331 e. The maximum atomic E-state index is 10.7. The lowest BCUT2D eigenvalue weighted by Crippen LogP contribution is -2.09. The van der Waals surface area contributed by atoms with Crippen LogP contribution >= 0.6 is 0 Å². The third kappa shape index (κ3) is 36.2. The fourth-order valence-electron chi connectivity index (χ4n) is 0.995. The van der Waals surface area contributed by atoms with Crippen molar-refractivity contribution in [3.8, 4) is 0 Å². The first-order valence-electron chi connectivity index (χ1n) is 8.76. The summed E-state index contributed by atoms with van der Waals surface area (Å²) in [7, 11) is 0. The number of aliphatic carboxylic acids is 2. The highest BCUT2D eigenvalue weighted by Crippen LogP contribution is 1.96. The number of carboxylic acids is 2. The van der Waals surface area contributed by atoms with Crippen molar-refractivity contribution in [1.29, 1.82) is 0 Å². The van der Waals surface area contributed by atoms with Gasteiger partial charge >= 0.3 is 23.9 Å². The highest BCUT2D eigenvalue weighted by molar-refractivity contribution is 5.91. The van der Waals surface area contributed by atoms with Crippen molar-refractivity contribution < 1.29 is 59.3 Å². The molecule has 12 heteroatoms. The lowest BCUT2D eigenvalue weighted by Gasteiger charge is -2.05. The summed E-state index contributed by atoms with van der Waals surface area (Å²) in [6.07, 6.45) is 4.67. The van der Waals surface area contributed by atoms with Gasteiger partial charge in [0.05, 0.1) is 25.9 Å². The number of carbonyl (C=O) groups excluding carboxylic acids is 2. The van der Waals surface area contributed by atoms with Gasteiger partial charge in [-0.15, -0.1) is 0 Å². The Labute approximate surface area is 173 Å². The van der Waals surface area contributed by atoms with Crippen molar-refractivity contribution in [3.05, 3.63) is 24.3 Å². The summed E-state index contributed by atoms with van der Waals surface area (Å²) in [5.74, 6) is -3.50.